The normalized spacial score (nSPS) is 16.1. The summed E-state index contributed by atoms with van der Waals surface area (Å²) in [4.78, 5) is 28.6. The maximum Gasteiger partial charge on any atom is 0.219 e. The van der Waals surface area contributed by atoms with E-state index in [1.54, 1.807) is 6.92 Å². The van der Waals surface area contributed by atoms with Crippen LogP contribution in [0.3, 0.4) is 0 Å². The Morgan fingerprint density at radius 1 is 1.27 bits per heavy atom. The number of hydrogen-bond donors (Lipinski definition) is 1. The second-order valence-corrected chi connectivity index (χ2v) is 6.09. The molecule has 4 heteroatoms. The molecule has 1 heterocycles. The number of fused-ring (bicyclic) bond motifs is 1. The number of aromatic amines is 1. The van der Waals surface area contributed by atoms with Gasteiger partial charge in [0.25, 0.3) is 0 Å². The quantitative estimate of drug-likeness (QED) is 0.943. The second kappa shape index (κ2) is 6.34. The van der Waals surface area contributed by atoms with Gasteiger partial charge >= 0.3 is 0 Å². The van der Waals surface area contributed by atoms with Crippen molar-refractivity contribution >= 4 is 22.6 Å². The van der Waals surface area contributed by atoms with Gasteiger partial charge in [-0.05, 0) is 30.9 Å². The Bertz CT molecular complexity index is 679. The molecule has 1 saturated carbocycles. The Hall–Kier alpha value is -2.10. The lowest BCUT2D eigenvalue weighted by molar-refractivity contribution is -0.133. The molecular weight excluding hydrogens is 276 g/mol. The summed E-state index contributed by atoms with van der Waals surface area (Å²) in [6.07, 6.45) is 5.73. The largest absolute Gasteiger partial charge is 0.361 e. The van der Waals surface area contributed by atoms with Crippen LogP contribution >= 0.6 is 0 Å². The van der Waals surface area contributed by atoms with E-state index in [1.165, 1.54) is 10.9 Å². The number of H-pyrrole nitrogens is 1. The van der Waals surface area contributed by atoms with Crippen LogP contribution in [-0.4, -0.2) is 34.2 Å². The maximum absolute atomic E-state index is 12.0. The first kappa shape index (κ1) is 14.8. The highest BCUT2D eigenvalue weighted by Gasteiger charge is 2.26. The van der Waals surface area contributed by atoms with Crippen molar-refractivity contribution in [3.8, 4) is 0 Å². The standard InChI is InChI=1S/C18H22N2O2/c1-13(21)20(15-6-8-16(22)9-7-15)11-10-14-12-19-18-5-3-2-4-17(14)18/h2-5,12,15,19H,6-11H2,1H3. The first-order valence-electron chi connectivity index (χ1n) is 7.99. The van der Waals surface area contributed by atoms with Crippen LogP contribution in [0.2, 0.25) is 0 Å². The van der Waals surface area contributed by atoms with E-state index in [0.29, 0.717) is 18.6 Å². The summed E-state index contributed by atoms with van der Waals surface area (Å²) >= 11 is 0. The molecule has 0 radical (unpaired) electrons. The van der Waals surface area contributed by atoms with Gasteiger partial charge in [-0.15, -0.1) is 0 Å². The molecule has 22 heavy (non-hydrogen) atoms. The van der Waals surface area contributed by atoms with Crippen LogP contribution < -0.4 is 0 Å². The highest BCUT2D eigenvalue weighted by Crippen LogP contribution is 2.23. The Morgan fingerprint density at radius 3 is 2.73 bits per heavy atom. The minimum atomic E-state index is 0.110. The van der Waals surface area contributed by atoms with E-state index in [0.717, 1.165) is 31.3 Å². The number of rotatable bonds is 4. The van der Waals surface area contributed by atoms with Crippen molar-refractivity contribution in [3.05, 3.63) is 36.0 Å². The van der Waals surface area contributed by atoms with E-state index < -0.39 is 0 Å². The number of aromatic nitrogens is 1. The molecule has 1 amide bonds. The molecule has 116 valence electrons. The van der Waals surface area contributed by atoms with Gasteiger partial charge in [0.05, 0.1) is 0 Å². The molecule has 2 aromatic rings. The van der Waals surface area contributed by atoms with Gasteiger partial charge in [0, 0.05) is 49.5 Å². The average molecular weight is 298 g/mol. The van der Waals surface area contributed by atoms with Gasteiger partial charge in [-0.3, -0.25) is 9.59 Å². The Labute approximate surface area is 130 Å². The number of nitrogens with zero attached hydrogens (tertiary/aromatic N) is 1. The first-order valence-corrected chi connectivity index (χ1v) is 7.99. The molecule has 1 aromatic heterocycles. The van der Waals surface area contributed by atoms with Crippen molar-refractivity contribution in [2.24, 2.45) is 0 Å². The van der Waals surface area contributed by atoms with Gasteiger partial charge in [-0.2, -0.15) is 0 Å². The van der Waals surface area contributed by atoms with Crippen LogP contribution in [0.4, 0.5) is 0 Å². The lowest BCUT2D eigenvalue weighted by Crippen LogP contribution is -2.42. The zero-order valence-electron chi connectivity index (χ0n) is 13.0. The molecular formula is C18H22N2O2. The minimum Gasteiger partial charge on any atom is -0.361 e. The molecule has 1 aromatic carbocycles. The summed E-state index contributed by atoms with van der Waals surface area (Å²) < 4.78 is 0. The molecule has 0 aliphatic heterocycles. The van der Waals surface area contributed by atoms with Crippen molar-refractivity contribution in [3.63, 3.8) is 0 Å². The Kier molecular flexibility index (Phi) is 4.27. The van der Waals surface area contributed by atoms with Crippen molar-refractivity contribution in [2.75, 3.05) is 6.54 Å². The van der Waals surface area contributed by atoms with Crippen LogP contribution in [0.25, 0.3) is 10.9 Å². The van der Waals surface area contributed by atoms with Gasteiger partial charge in [-0.1, -0.05) is 18.2 Å². The molecule has 1 aliphatic carbocycles. The number of para-hydroxylation sites is 1. The van der Waals surface area contributed by atoms with Crippen molar-refractivity contribution in [1.29, 1.82) is 0 Å². The third-order valence-corrected chi connectivity index (χ3v) is 4.66. The molecule has 0 bridgehead atoms. The third kappa shape index (κ3) is 3.06. The lowest BCUT2D eigenvalue weighted by Gasteiger charge is -2.33. The van der Waals surface area contributed by atoms with Crippen LogP contribution in [0, 0.1) is 0 Å². The smallest absolute Gasteiger partial charge is 0.219 e. The van der Waals surface area contributed by atoms with Gasteiger partial charge < -0.3 is 9.88 Å². The summed E-state index contributed by atoms with van der Waals surface area (Å²) in [5.74, 6) is 0.440. The maximum atomic E-state index is 12.0. The zero-order valence-corrected chi connectivity index (χ0v) is 13.0. The number of carbonyl (C=O) groups is 2. The fourth-order valence-corrected chi connectivity index (χ4v) is 3.41. The highest BCUT2D eigenvalue weighted by molar-refractivity contribution is 5.83. The minimum absolute atomic E-state index is 0.110. The predicted octanol–water partition coefficient (Wildman–Crippen LogP) is 3.07. The summed E-state index contributed by atoms with van der Waals surface area (Å²) in [5.41, 5.74) is 2.38. The average Bonchev–Trinajstić information content (AvgIpc) is 2.92. The third-order valence-electron chi connectivity index (χ3n) is 4.66. The molecule has 0 saturated heterocycles. The topological polar surface area (TPSA) is 53.2 Å². The number of hydrogen-bond acceptors (Lipinski definition) is 2. The van der Waals surface area contributed by atoms with E-state index in [4.69, 9.17) is 0 Å². The van der Waals surface area contributed by atoms with E-state index >= 15 is 0 Å². The fourth-order valence-electron chi connectivity index (χ4n) is 3.41. The van der Waals surface area contributed by atoms with Crippen molar-refractivity contribution < 1.29 is 9.59 Å². The van der Waals surface area contributed by atoms with Crippen molar-refractivity contribution in [2.45, 2.75) is 45.1 Å². The predicted molar refractivity (Wildman–Crippen MR) is 86.7 cm³/mol. The van der Waals surface area contributed by atoms with Gasteiger partial charge in [0.15, 0.2) is 0 Å². The van der Waals surface area contributed by atoms with E-state index in [9.17, 15) is 9.59 Å². The molecule has 0 spiro atoms. The number of ketones is 1. The summed E-state index contributed by atoms with van der Waals surface area (Å²) in [6, 6.07) is 8.45. The lowest BCUT2D eigenvalue weighted by atomic mass is 9.93. The van der Waals surface area contributed by atoms with Gasteiger partial charge in [-0.25, -0.2) is 0 Å². The molecule has 4 nitrogen and oxygen atoms in total. The van der Waals surface area contributed by atoms with E-state index in [1.807, 2.05) is 23.2 Å². The van der Waals surface area contributed by atoms with Crippen molar-refractivity contribution in [1.82, 2.24) is 9.88 Å². The SMILES string of the molecule is CC(=O)N(CCc1c[nH]c2ccccc12)C1CCC(=O)CC1. The van der Waals surface area contributed by atoms with Gasteiger partial charge in [0.1, 0.15) is 5.78 Å². The first-order chi connectivity index (χ1) is 10.6. The number of nitrogens with one attached hydrogen (secondary N) is 1. The number of Topliss-reactive ketones (excluding diaryl/α,β-unsaturated/α-hetero) is 1. The van der Waals surface area contributed by atoms with E-state index in [2.05, 4.69) is 17.1 Å². The van der Waals surface area contributed by atoms with Crippen LogP contribution in [0.15, 0.2) is 30.5 Å². The van der Waals surface area contributed by atoms with Crippen LogP contribution in [0.1, 0.15) is 38.2 Å². The second-order valence-electron chi connectivity index (χ2n) is 6.09. The summed E-state index contributed by atoms with van der Waals surface area (Å²) in [7, 11) is 0. The molecule has 1 fully saturated rings. The summed E-state index contributed by atoms with van der Waals surface area (Å²) in [6.45, 7) is 2.35. The molecule has 0 unspecified atom stereocenters. The molecule has 3 rings (SSSR count). The Morgan fingerprint density at radius 2 is 2.00 bits per heavy atom. The number of amides is 1. The zero-order chi connectivity index (χ0) is 15.5. The van der Waals surface area contributed by atoms with Crippen LogP contribution in [-0.2, 0) is 16.0 Å². The molecule has 0 atom stereocenters. The van der Waals surface area contributed by atoms with Gasteiger partial charge in [0.2, 0.25) is 5.91 Å². The number of benzene rings is 1. The Balaban J connectivity index is 1.69. The monoisotopic (exact) mass is 298 g/mol. The summed E-state index contributed by atoms with van der Waals surface area (Å²) in [5, 5.41) is 1.23. The molecule has 1 aliphatic rings. The highest BCUT2D eigenvalue weighted by atomic mass is 16.2. The molecule has 1 N–H and O–H groups in total. The fraction of sp³-hybridized carbons (Fsp3) is 0.444. The van der Waals surface area contributed by atoms with E-state index in [-0.39, 0.29) is 11.9 Å². The number of carbonyl (C=O) groups excluding carboxylic acids is 2. The van der Waals surface area contributed by atoms with Crippen LogP contribution in [0.5, 0.6) is 0 Å².